The molecule has 3 aliphatic carbocycles. The maximum atomic E-state index is 3.94. The summed E-state index contributed by atoms with van der Waals surface area (Å²) in [6.07, 6.45) is 16.4. The van der Waals surface area contributed by atoms with Crippen molar-refractivity contribution in [3.63, 3.8) is 0 Å². The minimum atomic E-state index is 0.864. The molecule has 0 aromatic heterocycles. The van der Waals surface area contributed by atoms with E-state index < -0.39 is 0 Å². The molecule has 19 heavy (non-hydrogen) atoms. The van der Waals surface area contributed by atoms with E-state index in [1.54, 1.807) is 12.8 Å². The molecule has 110 valence electrons. The predicted molar refractivity (Wildman–Crippen MR) is 82.2 cm³/mol. The molecule has 0 saturated heterocycles. The first-order chi connectivity index (χ1) is 9.35. The Hall–Kier alpha value is -0.0400. The Morgan fingerprint density at radius 1 is 0.789 bits per heavy atom. The van der Waals surface area contributed by atoms with Crippen LogP contribution in [0.2, 0.25) is 0 Å². The van der Waals surface area contributed by atoms with E-state index in [2.05, 4.69) is 12.2 Å². The smallest absolute Gasteiger partial charge is 0.00699 e. The van der Waals surface area contributed by atoms with Crippen LogP contribution in [0, 0.1) is 23.7 Å². The topological polar surface area (TPSA) is 12.0 Å². The van der Waals surface area contributed by atoms with Crippen molar-refractivity contribution in [2.75, 3.05) is 6.54 Å². The van der Waals surface area contributed by atoms with E-state index >= 15 is 0 Å². The molecule has 2 unspecified atom stereocenters. The Morgan fingerprint density at radius 3 is 2.21 bits per heavy atom. The van der Waals surface area contributed by atoms with E-state index in [0.29, 0.717) is 0 Å². The Labute approximate surface area is 119 Å². The van der Waals surface area contributed by atoms with E-state index in [-0.39, 0.29) is 0 Å². The van der Waals surface area contributed by atoms with Crippen LogP contribution in [0.3, 0.4) is 0 Å². The van der Waals surface area contributed by atoms with Crippen molar-refractivity contribution >= 4 is 0 Å². The second-order valence-corrected chi connectivity index (χ2v) is 7.66. The van der Waals surface area contributed by atoms with Crippen LogP contribution in [0.5, 0.6) is 0 Å². The highest BCUT2D eigenvalue weighted by Gasteiger charge is 2.34. The van der Waals surface area contributed by atoms with Crippen molar-refractivity contribution in [1.82, 2.24) is 5.32 Å². The SMILES string of the molecule is CCC1CCC(CNC2CCCC(C3CC3)C2)CC1. The summed E-state index contributed by atoms with van der Waals surface area (Å²) >= 11 is 0. The van der Waals surface area contributed by atoms with Crippen molar-refractivity contribution in [2.24, 2.45) is 23.7 Å². The maximum Gasteiger partial charge on any atom is 0.00699 e. The monoisotopic (exact) mass is 263 g/mol. The van der Waals surface area contributed by atoms with Gasteiger partial charge in [-0.1, -0.05) is 39.0 Å². The van der Waals surface area contributed by atoms with Crippen molar-refractivity contribution < 1.29 is 0 Å². The lowest BCUT2D eigenvalue weighted by molar-refractivity contribution is 0.224. The molecule has 1 N–H and O–H groups in total. The van der Waals surface area contributed by atoms with Crippen molar-refractivity contribution in [3.05, 3.63) is 0 Å². The molecule has 0 amide bonds. The van der Waals surface area contributed by atoms with Gasteiger partial charge in [0.05, 0.1) is 0 Å². The van der Waals surface area contributed by atoms with Gasteiger partial charge in [0.2, 0.25) is 0 Å². The molecule has 0 spiro atoms. The minimum Gasteiger partial charge on any atom is -0.314 e. The zero-order valence-corrected chi connectivity index (χ0v) is 12.9. The van der Waals surface area contributed by atoms with E-state index in [4.69, 9.17) is 0 Å². The predicted octanol–water partition coefficient (Wildman–Crippen LogP) is 4.76. The largest absolute Gasteiger partial charge is 0.314 e. The van der Waals surface area contributed by atoms with Crippen molar-refractivity contribution in [1.29, 1.82) is 0 Å². The maximum absolute atomic E-state index is 3.94. The third-order valence-corrected chi connectivity index (χ3v) is 6.24. The second kappa shape index (κ2) is 6.61. The van der Waals surface area contributed by atoms with E-state index in [1.807, 2.05) is 0 Å². The molecule has 2 atom stereocenters. The second-order valence-electron chi connectivity index (χ2n) is 7.66. The van der Waals surface area contributed by atoms with Gasteiger partial charge in [0, 0.05) is 6.04 Å². The minimum absolute atomic E-state index is 0.864. The Balaban J connectivity index is 1.35. The van der Waals surface area contributed by atoms with Gasteiger partial charge in [0.1, 0.15) is 0 Å². The number of hydrogen-bond donors (Lipinski definition) is 1. The summed E-state index contributed by atoms with van der Waals surface area (Å²) in [5, 5.41) is 3.94. The molecule has 3 aliphatic rings. The summed E-state index contributed by atoms with van der Waals surface area (Å²) in [5.41, 5.74) is 0. The highest BCUT2D eigenvalue weighted by Crippen LogP contribution is 2.44. The lowest BCUT2D eigenvalue weighted by atomic mass is 9.80. The van der Waals surface area contributed by atoms with Gasteiger partial charge >= 0.3 is 0 Å². The molecule has 3 fully saturated rings. The van der Waals surface area contributed by atoms with Gasteiger partial charge in [-0.05, 0) is 68.7 Å². The number of nitrogens with one attached hydrogen (secondary N) is 1. The Bertz CT molecular complexity index is 263. The first kappa shape index (κ1) is 13.9. The van der Waals surface area contributed by atoms with Gasteiger partial charge in [0.25, 0.3) is 0 Å². The molecule has 0 aromatic rings. The van der Waals surface area contributed by atoms with Crippen LogP contribution >= 0.6 is 0 Å². The van der Waals surface area contributed by atoms with Gasteiger partial charge in [0.15, 0.2) is 0 Å². The fraction of sp³-hybridized carbons (Fsp3) is 1.00. The van der Waals surface area contributed by atoms with Gasteiger partial charge in [-0.15, -0.1) is 0 Å². The first-order valence-corrected chi connectivity index (χ1v) is 9.08. The normalized spacial score (nSPS) is 40.3. The lowest BCUT2D eigenvalue weighted by Crippen LogP contribution is -2.38. The quantitative estimate of drug-likeness (QED) is 0.754. The van der Waals surface area contributed by atoms with Crippen LogP contribution in [-0.2, 0) is 0 Å². The molecule has 1 heteroatoms. The summed E-state index contributed by atoms with van der Waals surface area (Å²) in [5.74, 6) is 4.25. The van der Waals surface area contributed by atoms with Gasteiger partial charge in [-0.3, -0.25) is 0 Å². The zero-order chi connectivity index (χ0) is 13.1. The number of rotatable bonds is 5. The van der Waals surface area contributed by atoms with Gasteiger partial charge < -0.3 is 5.32 Å². The third-order valence-electron chi connectivity index (χ3n) is 6.24. The van der Waals surface area contributed by atoms with Crippen LogP contribution in [-0.4, -0.2) is 12.6 Å². The molecule has 0 aromatic carbocycles. The van der Waals surface area contributed by atoms with Crippen LogP contribution in [0.25, 0.3) is 0 Å². The third kappa shape index (κ3) is 3.97. The Morgan fingerprint density at radius 2 is 1.53 bits per heavy atom. The molecule has 1 nitrogen and oxygen atoms in total. The van der Waals surface area contributed by atoms with Crippen molar-refractivity contribution in [2.45, 2.75) is 83.6 Å². The molecular formula is C18H33N. The van der Waals surface area contributed by atoms with E-state index in [9.17, 15) is 0 Å². The van der Waals surface area contributed by atoms with Crippen LogP contribution in [0.4, 0.5) is 0 Å². The van der Waals surface area contributed by atoms with Crippen LogP contribution in [0.15, 0.2) is 0 Å². The average Bonchev–Trinajstić information content (AvgIpc) is 3.31. The van der Waals surface area contributed by atoms with Crippen LogP contribution < -0.4 is 5.32 Å². The van der Waals surface area contributed by atoms with Gasteiger partial charge in [-0.2, -0.15) is 0 Å². The molecule has 0 radical (unpaired) electrons. The number of hydrogen-bond acceptors (Lipinski definition) is 1. The Kier molecular flexibility index (Phi) is 4.84. The standard InChI is InChI=1S/C18H33N/c1-2-14-6-8-15(9-7-14)13-19-18-5-3-4-17(12-18)16-10-11-16/h14-19H,2-13H2,1H3. The molecule has 0 bridgehead atoms. The fourth-order valence-electron chi connectivity index (χ4n) is 4.59. The van der Waals surface area contributed by atoms with Crippen molar-refractivity contribution in [3.8, 4) is 0 Å². The summed E-state index contributed by atoms with van der Waals surface area (Å²) < 4.78 is 0. The molecule has 3 rings (SSSR count). The molecular weight excluding hydrogens is 230 g/mol. The summed E-state index contributed by atoms with van der Waals surface area (Å²) in [7, 11) is 0. The molecule has 3 saturated carbocycles. The van der Waals surface area contributed by atoms with E-state index in [1.165, 1.54) is 64.3 Å². The molecule has 0 aliphatic heterocycles. The molecule has 0 heterocycles. The van der Waals surface area contributed by atoms with E-state index in [0.717, 1.165) is 29.7 Å². The summed E-state index contributed by atoms with van der Waals surface area (Å²) in [4.78, 5) is 0. The first-order valence-electron chi connectivity index (χ1n) is 9.08. The fourth-order valence-corrected chi connectivity index (χ4v) is 4.59. The highest BCUT2D eigenvalue weighted by molar-refractivity contribution is 4.88. The highest BCUT2D eigenvalue weighted by atomic mass is 14.9. The summed E-state index contributed by atoms with van der Waals surface area (Å²) in [6.45, 7) is 3.68. The lowest BCUT2D eigenvalue weighted by Gasteiger charge is -2.33. The summed E-state index contributed by atoms with van der Waals surface area (Å²) in [6, 6.07) is 0.864. The zero-order valence-electron chi connectivity index (χ0n) is 12.9. The van der Waals surface area contributed by atoms with Gasteiger partial charge in [-0.25, -0.2) is 0 Å². The average molecular weight is 263 g/mol. The van der Waals surface area contributed by atoms with Crippen LogP contribution in [0.1, 0.15) is 77.6 Å².